The van der Waals surface area contributed by atoms with Gasteiger partial charge < -0.3 is 24.4 Å². The molecular formula is C18H18O6. The minimum Gasteiger partial charge on any atom is -0.504 e. The second kappa shape index (κ2) is 7.41. The number of aromatic hydroxyl groups is 1. The maximum absolute atomic E-state index is 11.7. The molecule has 0 saturated heterocycles. The highest BCUT2D eigenvalue weighted by Gasteiger charge is 2.14. The van der Waals surface area contributed by atoms with Gasteiger partial charge in [0.05, 0.1) is 26.9 Å². The Balaban J connectivity index is 2.54. The van der Waals surface area contributed by atoms with Crippen LogP contribution in [0.25, 0.3) is 11.6 Å². The summed E-state index contributed by atoms with van der Waals surface area (Å²) in [4.78, 5) is 11.7. The predicted molar refractivity (Wildman–Crippen MR) is 89.7 cm³/mol. The van der Waals surface area contributed by atoms with Crippen molar-refractivity contribution in [2.24, 2.45) is 0 Å². The van der Waals surface area contributed by atoms with Gasteiger partial charge in [0, 0.05) is 6.07 Å². The van der Waals surface area contributed by atoms with Crippen LogP contribution in [0.1, 0.15) is 11.1 Å². The summed E-state index contributed by atoms with van der Waals surface area (Å²) in [5.74, 6) is 0.0926. The summed E-state index contributed by atoms with van der Waals surface area (Å²) in [6.07, 6.45) is 1.45. The SMILES string of the molecule is COc1cc(OC)cc(/C(=C\c2ccc(OC)c(O)c2)C(=O)O)c1. The van der Waals surface area contributed by atoms with E-state index in [0.29, 0.717) is 28.4 Å². The Kier molecular flexibility index (Phi) is 5.31. The van der Waals surface area contributed by atoms with Crippen molar-refractivity contribution in [3.8, 4) is 23.0 Å². The third-order valence-corrected chi connectivity index (χ3v) is 3.41. The topological polar surface area (TPSA) is 85.2 Å². The molecule has 0 aromatic heterocycles. The zero-order valence-corrected chi connectivity index (χ0v) is 13.6. The normalized spacial score (nSPS) is 11.0. The number of carbonyl (C=O) groups is 1. The van der Waals surface area contributed by atoms with E-state index in [1.54, 1.807) is 30.3 Å². The number of carboxylic acids is 1. The Morgan fingerprint density at radius 1 is 0.958 bits per heavy atom. The zero-order chi connectivity index (χ0) is 17.7. The van der Waals surface area contributed by atoms with Gasteiger partial charge in [-0.15, -0.1) is 0 Å². The number of ether oxygens (including phenoxy) is 3. The third-order valence-electron chi connectivity index (χ3n) is 3.41. The molecule has 0 amide bonds. The first-order valence-corrected chi connectivity index (χ1v) is 7.04. The van der Waals surface area contributed by atoms with Crippen molar-refractivity contribution in [3.63, 3.8) is 0 Å². The van der Waals surface area contributed by atoms with Gasteiger partial charge >= 0.3 is 5.97 Å². The van der Waals surface area contributed by atoms with Crippen LogP contribution < -0.4 is 14.2 Å². The van der Waals surface area contributed by atoms with Crippen LogP contribution in [0.15, 0.2) is 36.4 Å². The van der Waals surface area contributed by atoms with Crippen molar-refractivity contribution in [2.75, 3.05) is 21.3 Å². The molecule has 2 N–H and O–H groups in total. The van der Waals surface area contributed by atoms with Gasteiger partial charge in [0.15, 0.2) is 11.5 Å². The number of benzene rings is 2. The monoisotopic (exact) mass is 330 g/mol. The molecule has 0 radical (unpaired) electrons. The average molecular weight is 330 g/mol. The fourth-order valence-electron chi connectivity index (χ4n) is 2.19. The van der Waals surface area contributed by atoms with Crippen LogP contribution in [0.5, 0.6) is 23.0 Å². The molecule has 0 heterocycles. The molecule has 0 aliphatic rings. The molecular weight excluding hydrogens is 312 g/mol. The molecule has 0 fully saturated rings. The molecule has 0 bridgehead atoms. The number of phenolic OH excluding ortho intramolecular Hbond substituents is 1. The molecule has 2 rings (SSSR count). The van der Waals surface area contributed by atoms with Crippen molar-refractivity contribution in [1.29, 1.82) is 0 Å². The van der Waals surface area contributed by atoms with Gasteiger partial charge in [0.2, 0.25) is 0 Å². The van der Waals surface area contributed by atoms with E-state index in [0.717, 1.165) is 0 Å². The van der Waals surface area contributed by atoms with Crippen molar-refractivity contribution in [3.05, 3.63) is 47.5 Å². The van der Waals surface area contributed by atoms with Crippen molar-refractivity contribution in [2.45, 2.75) is 0 Å². The van der Waals surface area contributed by atoms with E-state index in [4.69, 9.17) is 14.2 Å². The molecule has 0 saturated carbocycles. The van der Waals surface area contributed by atoms with Crippen molar-refractivity contribution in [1.82, 2.24) is 0 Å². The lowest BCUT2D eigenvalue weighted by Crippen LogP contribution is -2.01. The molecule has 0 spiro atoms. The van der Waals surface area contributed by atoms with Crippen LogP contribution >= 0.6 is 0 Å². The van der Waals surface area contributed by atoms with Gasteiger partial charge in [0.1, 0.15) is 11.5 Å². The first kappa shape index (κ1) is 17.2. The lowest BCUT2D eigenvalue weighted by molar-refractivity contribution is -0.130. The maximum atomic E-state index is 11.7. The minimum absolute atomic E-state index is 0.0387. The molecule has 0 aliphatic heterocycles. The van der Waals surface area contributed by atoms with E-state index in [1.165, 1.54) is 33.5 Å². The molecule has 0 unspecified atom stereocenters. The summed E-state index contributed by atoms with van der Waals surface area (Å²) in [5, 5.41) is 19.4. The fraction of sp³-hybridized carbons (Fsp3) is 0.167. The highest BCUT2D eigenvalue weighted by molar-refractivity contribution is 6.20. The zero-order valence-electron chi connectivity index (χ0n) is 13.6. The number of methoxy groups -OCH3 is 3. The number of aliphatic carboxylic acids is 1. The van der Waals surface area contributed by atoms with E-state index < -0.39 is 5.97 Å². The lowest BCUT2D eigenvalue weighted by Gasteiger charge is -2.10. The molecule has 0 aliphatic carbocycles. The van der Waals surface area contributed by atoms with Gasteiger partial charge in [-0.25, -0.2) is 4.79 Å². The van der Waals surface area contributed by atoms with E-state index in [2.05, 4.69) is 0 Å². The Morgan fingerprint density at radius 2 is 1.58 bits per heavy atom. The molecule has 126 valence electrons. The van der Waals surface area contributed by atoms with Crippen molar-refractivity contribution < 1.29 is 29.2 Å². The molecule has 6 nitrogen and oxygen atoms in total. The van der Waals surface area contributed by atoms with Crippen LogP contribution in [-0.2, 0) is 4.79 Å². The summed E-state index contributed by atoms with van der Waals surface area (Å²) >= 11 is 0. The first-order chi connectivity index (χ1) is 11.5. The first-order valence-electron chi connectivity index (χ1n) is 7.04. The second-order valence-corrected chi connectivity index (χ2v) is 4.90. The smallest absolute Gasteiger partial charge is 0.336 e. The summed E-state index contributed by atoms with van der Waals surface area (Å²) in [6.45, 7) is 0. The number of hydrogen-bond acceptors (Lipinski definition) is 5. The number of phenols is 1. The molecule has 6 heteroatoms. The van der Waals surface area contributed by atoms with Crippen LogP contribution in [0.2, 0.25) is 0 Å². The summed E-state index contributed by atoms with van der Waals surface area (Å²) in [7, 11) is 4.42. The Labute approximate surface area is 139 Å². The summed E-state index contributed by atoms with van der Waals surface area (Å²) < 4.78 is 15.3. The predicted octanol–water partition coefficient (Wildman–Crippen LogP) is 3.04. The highest BCUT2D eigenvalue weighted by atomic mass is 16.5. The van der Waals surface area contributed by atoms with E-state index in [-0.39, 0.29) is 11.3 Å². The molecule has 2 aromatic rings. The van der Waals surface area contributed by atoms with E-state index in [9.17, 15) is 15.0 Å². The van der Waals surface area contributed by atoms with Gasteiger partial charge in [-0.2, -0.15) is 0 Å². The Bertz CT molecular complexity index is 757. The van der Waals surface area contributed by atoms with Crippen LogP contribution in [-0.4, -0.2) is 37.5 Å². The minimum atomic E-state index is -1.11. The third kappa shape index (κ3) is 3.78. The van der Waals surface area contributed by atoms with Crippen LogP contribution in [0.3, 0.4) is 0 Å². The van der Waals surface area contributed by atoms with Gasteiger partial charge in [-0.1, -0.05) is 6.07 Å². The second-order valence-electron chi connectivity index (χ2n) is 4.90. The summed E-state index contributed by atoms with van der Waals surface area (Å²) in [5.41, 5.74) is 0.985. The van der Waals surface area contributed by atoms with E-state index >= 15 is 0 Å². The largest absolute Gasteiger partial charge is 0.504 e. The van der Waals surface area contributed by atoms with Crippen LogP contribution in [0.4, 0.5) is 0 Å². The van der Waals surface area contributed by atoms with Gasteiger partial charge in [-0.3, -0.25) is 0 Å². The van der Waals surface area contributed by atoms with Gasteiger partial charge in [-0.05, 0) is 41.5 Å². The molecule has 24 heavy (non-hydrogen) atoms. The lowest BCUT2D eigenvalue weighted by atomic mass is 10.0. The quantitative estimate of drug-likeness (QED) is 0.625. The average Bonchev–Trinajstić information content (AvgIpc) is 2.58. The fourth-order valence-corrected chi connectivity index (χ4v) is 2.19. The van der Waals surface area contributed by atoms with Crippen LogP contribution in [0, 0.1) is 0 Å². The van der Waals surface area contributed by atoms with Crippen molar-refractivity contribution >= 4 is 17.6 Å². The number of carboxylic acid groups (broad SMARTS) is 1. The standard InChI is InChI=1S/C18H18O6/c1-22-13-8-12(9-14(10-13)23-2)15(18(20)21)6-11-4-5-17(24-3)16(19)7-11/h4-10,19H,1-3H3,(H,20,21)/b15-6+. The number of hydrogen-bond donors (Lipinski definition) is 2. The highest BCUT2D eigenvalue weighted by Crippen LogP contribution is 2.31. The molecule has 0 atom stereocenters. The van der Waals surface area contributed by atoms with E-state index in [1.807, 2.05) is 0 Å². The molecule has 2 aromatic carbocycles. The summed E-state index contributed by atoms with van der Waals surface area (Å²) in [6, 6.07) is 9.50. The number of rotatable bonds is 6. The Hall–Kier alpha value is -3.15. The maximum Gasteiger partial charge on any atom is 0.336 e. The van der Waals surface area contributed by atoms with Gasteiger partial charge in [0.25, 0.3) is 0 Å². The Morgan fingerprint density at radius 3 is 2.04 bits per heavy atom.